The average Bonchev–Trinajstić information content (AvgIpc) is 2.78. The van der Waals surface area contributed by atoms with Crippen LogP contribution in [0.4, 0.5) is 0 Å². The van der Waals surface area contributed by atoms with Crippen molar-refractivity contribution >= 4 is 17.6 Å². The van der Waals surface area contributed by atoms with Gasteiger partial charge in [0.1, 0.15) is 11.5 Å². The lowest BCUT2D eigenvalue weighted by molar-refractivity contribution is -0.135. The zero-order valence-electron chi connectivity index (χ0n) is 14.6. The quantitative estimate of drug-likeness (QED) is 0.610. The van der Waals surface area contributed by atoms with Gasteiger partial charge in [-0.25, -0.2) is 0 Å². The van der Waals surface area contributed by atoms with Gasteiger partial charge in [-0.15, -0.1) is 0 Å². The van der Waals surface area contributed by atoms with Crippen molar-refractivity contribution in [3.05, 3.63) is 59.7 Å². The minimum atomic E-state index is -0.805. The number of ketones is 1. The van der Waals surface area contributed by atoms with E-state index in [4.69, 9.17) is 9.47 Å². The highest BCUT2D eigenvalue weighted by atomic mass is 16.5. The lowest BCUT2D eigenvalue weighted by Gasteiger charge is -2.21. The average molecular weight is 353 g/mol. The second-order valence-electron chi connectivity index (χ2n) is 5.90. The first-order valence-electron chi connectivity index (χ1n) is 8.33. The van der Waals surface area contributed by atoms with E-state index in [1.807, 2.05) is 0 Å². The molecule has 0 bridgehead atoms. The zero-order chi connectivity index (χ0) is 18.7. The normalized spacial score (nSPS) is 16.5. The number of benzene rings is 2. The molecule has 0 aromatic heterocycles. The first kappa shape index (κ1) is 17.7. The van der Waals surface area contributed by atoms with E-state index in [2.05, 4.69) is 0 Å². The molecule has 1 aliphatic heterocycles. The molecule has 134 valence electrons. The van der Waals surface area contributed by atoms with E-state index in [-0.39, 0.29) is 17.9 Å². The molecule has 26 heavy (non-hydrogen) atoms. The number of para-hydroxylation sites is 1. The maximum absolute atomic E-state index is 12.8. The summed E-state index contributed by atoms with van der Waals surface area (Å²) in [6.45, 7) is 1.45. The van der Waals surface area contributed by atoms with Crippen LogP contribution in [0.25, 0.3) is 0 Å². The zero-order valence-corrected chi connectivity index (χ0v) is 14.6. The van der Waals surface area contributed by atoms with Gasteiger partial charge in [0.15, 0.2) is 11.9 Å². The van der Waals surface area contributed by atoms with Crippen molar-refractivity contribution in [2.24, 2.45) is 0 Å². The predicted molar refractivity (Wildman–Crippen MR) is 94.5 cm³/mol. The molecule has 1 heterocycles. The standard InChI is InChI=1S/C20H19NO5/c1-3-17-20(24)21(19(23)15-9-4-5-10-18(15)26-17)12-16(22)13-7-6-8-14(11-13)25-2/h4-11,17H,3,12H2,1-2H3/t17-/m0/s1. The van der Waals surface area contributed by atoms with Crippen molar-refractivity contribution in [1.82, 2.24) is 4.90 Å². The van der Waals surface area contributed by atoms with E-state index in [1.54, 1.807) is 55.5 Å². The lowest BCUT2D eigenvalue weighted by atomic mass is 10.1. The lowest BCUT2D eigenvalue weighted by Crippen LogP contribution is -2.45. The Morgan fingerprint density at radius 2 is 1.92 bits per heavy atom. The summed E-state index contributed by atoms with van der Waals surface area (Å²) in [5, 5.41) is 0. The van der Waals surface area contributed by atoms with Crippen LogP contribution < -0.4 is 9.47 Å². The number of Topliss-reactive ketones (excluding diaryl/α,β-unsaturated/α-hetero) is 1. The molecule has 2 aromatic rings. The van der Waals surface area contributed by atoms with Gasteiger partial charge in [-0.2, -0.15) is 0 Å². The maximum atomic E-state index is 12.8. The van der Waals surface area contributed by atoms with Crippen LogP contribution in [-0.4, -0.2) is 42.3 Å². The highest BCUT2D eigenvalue weighted by molar-refractivity contribution is 6.12. The van der Waals surface area contributed by atoms with Crippen LogP contribution in [0.15, 0.2) is 48.5 Å². The second-order valence-corrected chi connectivity index (χ2v) is 5.90. The van der Waals surface area contributed by atoms with Crippen molar-refractivity contribution < 1.29 is 23.9 Å². The molecule has 0 saturated heterocycles. The van der Waals surface area contributed by atoms with Gasteiger partial charge in [0.2, 0.25) is 0 Å². The van der Waals surface area contributed by atoms with Crippen molar-refractivity contribution in [2.45, 2.75) is 19.4 Å². The molecule has 0 spiro atoms. The van der Waals surface area contributed by atoms with Gasteiger partial charge in [0.25, 0.3) is 11.8 Å². The van der Waals surface area contributed by atoms with E-state index >= 15 is 0 Å². The third kappa shape index (κ3) is 3.31. The van der Waals surface area contributed by atoms with E-state index in [0.29, 0.717) is 23.5 Å². The highest BCUT2D eigenvalue weighted by Gasteiger charge is 2.36. The second kappa shape index (κ2) is 7.39. The number of carbonyl (C=O) groups is 3. The molecule has 2 aromatic carbocycles. The summed E-state index contributed by atoms with van der Waals surface area (Å²) in [5.74, 6) is -0.499. The minimum Gasteiger partial charge on any atom is -0.497 e. The van der Waals surface area contributed by atoms with Gasteiger partial charge >= 0.3 is 0 Å². The predicted octanol–water partition coefficient (Wildman–Crippen LogP) is 2.72. The molecule has 0 N–H and O–H groups in total. The Morgan fingerprint density at radius 3 is 2.65 bits per heavy atom. The maximum Gasteiger partial charge on any atom is 0.270 e. The molecule has 2 amide bonds. The number of rotatable bonds is 5. The van der Waals surface area contributed by atoms with Crippen LogP contribution >= 0.6 is 0 Å². The summed E-state index contributed by atoms with van der Waals surface area (Å²) in [6.07, 6.45) is -0.412. The van der Waals surface area contributed by atoms with Gasteiger partial charge in [0, 0.05) is 5.56 Å². The number of hydrogen-bond donors (Lipinski definition) is 0. The van der Waals surface area contributed by atoms with Crippen molar-refractivity contribution in [3.8, 4) is 11.5 Å². The van der Waals surface area contributed by atoms with Gasteiger partial charge in [-0.3, -0.25) is 19.3 Å². The SMILES string of the molecule is CC[C@@H]1Oc2ccccc2C(=O)N(CC(=O)c2cccc(OC)c2)C1=O. The summed E-state index contributed by atoms with van der Waals surface area (Å²) in [6, 6.07) is 13.3. The highest BCUT2D eigenvalue weighted by Crippen LogP contribution is 2.26. The van der Waals surface area contributed by atoms with E-state index < -0.39 is 17.9 Å². The Balaban J connectivity index is 1.92. The number of ether oxygens (including phenoxy) is 2. The van der Waals surface area contributed by atoms with Gasteiger partial charge in [-0.05, 0) is 30.7 Å². The van der Waals surface area contributed by atoms with E-state index in [0.717, 1.165) is 4.90 Å². The molecule has 3 rings (SSSR count). The van der Waals surface area contributed by atoms with Gasteiger partial charge in [-0.1, -0.05) is 31.2 Å². The Kier molecular flexibility index (Phi) is 5.02. The fourth-order valence-corrected chi connectivity index (χ4v) is 2.81. The largest absolute Gasteiger partial charge is 0.497 e. The van der Waals surface area contributed by atoms with Crippen LogP contribution in [-0.2, 0) is 4.79 Å². The Hall–Kier alpha value is -3.15. The molecule has 6 heteroatoms. The molecule has 1 atom stereocenters. The fourth-order valence-electron chi connectivity index (χ4n) is 2.81. The van der Waals surface area contributed by atoms with Crippen molar-refractivity contribution in [1.29, 1.82) is 0 Å². The Labute approximate surface area is 151 Å². The minimum absolute atomic E-state index is 0.273. The molecule has 0 fully saturated rings. The summed E-state index contributed by atoms with van der Waals surface area (Å²) in [7, 11) is 1.51. The summed E-state index contributed by atoms with van der Waals surface area (Å²) in [5.41, 5.74) is 0.645. The van der Waals surface area contributed by atoms with E-state index in [1.165, 1.54) is 7.11 Å². The smallest absolute Gasteiger partial charge is 0.270 e. The van der Waals surface area contributed by atoms with Crippen LogP contribution in [0.2, 0.25) is 0 Å². The van der Waals surface area contributed by atoms with Crippen LogP contribution in [0.3, 0.4) is 0 Å². The number of hydrogen-bond acceptors (Lipinski definition) is 5. The topological polar surface area (TPSA) is 72.9 Å². The van der Waals surface area contributed by atoms with E-state index in [9.17, 15) is 14.4 Å². The molecule has 1 aliphatic rings. The molecular weight excluding hydrogens is 334 g/mol. The summed E-state index contributed by atoms with van der Waals surface area (Å²) in [4.78, 5) is 39.2. The van der Waals surface area contributed by atoms with Crippen LogP contribution in [0.1, 0.15) is 34.1 Å². The first-order valence-corrected chi connectivity index (χ1v) is 8.33. The van der Waals surface area contributed by atoms with Crippen molar-refractivity contribution in [2.75, 3.05) is 13.7 Å². The number of methoxy groups -OCH3 is 1. The molecular formula is C20H19NO5. The number of fused-ring (bicyclic) bond motifs is 1. The number of nitrogens with zero attached hydrogens (tertiary/aromatic N) is 1. The van der Waals surface area contributed by atoms with Gasteiger partial charge in [0.05, 0.1) is 19.2 Å². The third-order valence-electron chi connectivity index (χ3n) is 4.24. The summed E-state index contributed by atoms with van der Waals surface area (Å²) >= 11 is 0. The Bertz CT molecular complexity index is 861. The summed E-state index contributed by atoms with van der Waals surface area (Å²) < 4.78 is 10.8. The molecule has 0 aliphatic carbocycles. The number of carbonyl (C=O) groups excluding carboxylic acids is 3. The monoisotopic (exact) mass is 353 g/mol. The number of imide groups is 1. The molecule has 0 saturated carbocycles. The Morgan fingerprint density at radius 1 is 1.15 bits per heavy atom. The van der Waals surface area contributed by atoms with Crippen molar-refractivity contribution in [3.63, 3.8) is 0 Å². The van der Waals surface area contributed by atoms with Gasteiger partial charge < -0.3 is 9.47 Å². The molecule has 6 nitrogen and oxygen atoms in total. The van der Waals surface area contributed by atoms with Crippen LogP contribution in [0, 0.1) is 0 Å². The first-order chi connectivity index (χ1) is 12.5. The number of amides is 2. The molecule has 0 unspecified atom stereocenters. The van der Waals surface area contributed by atoms with Crippen LogP contribution in [0.5, 0.6) is 11.5 Å². The molecule has 0 radical (unpaired) electrons. The third-order valence-corrected chi connectivity index (χ3v) is 4.24. The fraction of sp³-hybridized carbons (Fsp3) is 0.250.